The number of alkyl halides is 3. The molecule has 0 atom stereocenters. The molecule has 4 aromatic rings. The van der Waals surface area contributed by atoms with Gasteiger partial charge in [0.15, 0.2) is 11.0 Å². The zero-order valence-corrected chi connectivity index (χ0v) is 25.7. The third-order valence-corrected chi connectivity index (χ3v) is 7.96. The second-order valence-corrected chi connectivity index (χ2v) is 11.6. The number of ether oxygens (including phenoxy) is 1. The lowest BCUT2D eigenvalue weighted by Crippen LogP contribution is -2.32. The number of urea groups is 1. The topological polar surface area (TPSA) is 102 Å². The average Bonchev–Trinajstić information content (AvgIpc) is 3.62. The Morgan fingerprint density at radius 2 is 1.82 bits per heavy atom. The number of anilines is 1. The fraction of sp³-hybridized carbons (Fsp3) is 0.281. The number of aromatic nitrogens is 3. The van der Waals surface area contributed by atoms with Crippen molar-refractivity contribution in [2.75, 3.05) is 17.2 Å². The zero-order valence-electron chi connectivity index (χ0n) is 24.8. The first kappa shape index (κ1) is 31.8. The van der Waals surface area contributed by atoms with Crippen LogP contribution in [0.2, 0.25) is 0 Å². The molecule has 0 spiro atoms. The van der Waals surface area contributed by atoms with E-state index in [4.69, 9.17) is 0 Å². The van der Waals surface area contributed by atoms with E-state index in [1.54, 1.807) is 4.90 Å². The van der Waals surface area contributed by atoms with Crippen molar-refractivity contribution in [3.8, 4) is 22.8 Å². The van der Waals surface area contributed by atoms with Gasteiger partial charge in [-0.2, -0.15) is 4.99 Å². The molecule has 13 heteroatoms. The molecule has 45 heavy (non-hydrogen) atoms. The number of aryl methyl sites for hydroxylation is 2. The highest BCUT2D eigenvalue weighted by Gasteiger charge is 2.33. The maximum atomic E-state index is 12.7. The van der Waals surface area contributed by atoms with Gasteiger partial charge in [0.05, 0.1) is 17.1 Å². The number of nitrogens with zero attached hydrogens (tertiary/aromatic N) is 5. The van der Waals surface area contributed by atoms with Gasteiger partial charge in [0.25, 0.3) is 0 Å². The van der Waals surface area contributed by atoms with E-state index in [0.29, 0.717) is 36.1 Å². The molecular formula is C32H31F3N6O3S. The van der Waals surface area contributed by atoms with Crippen molar-refractivity contribution in [2.45, 2.75) is 45.9 Å². The lowest BCUT2D eigenvalue weighted by Gasteiger charge is -2.23. The van der Waals surface area contributed by atoms with Crippen molar-refractivity contribution in [1.29, 1.82) is 0 Å². The molecule has 0 aliphatic carbocycles. The van der Waals surface area contributed by atoms with Gasteiger partial charge < -0.3 is 10.1 Å². The molecule has 3 amide bonds. The van der Waals surface area contributed by atoms with Gasteiger partial charge in [-0.25, -0.2) is 14.5 Å². The number of hydrogen-bond acceptors (Lipinski definition) is 6. The predicted molar refractivity (Wildman–Crippen MR) is 168 cm³/mol. The molecule has 1 N–H and O–H groups in total. The fourth-order valence-corrected chi connectivity index (χ4v) is 5.91. The Balaban J connectivity index is 1.13. The summed E-state index contributed by atoms with van der Waals surface area (Å²) >= 11 is 1.26. The molecule has 1 aliphatic rings. The molecule has 0 saturated carbocycles. The Hall–Kier alpha value is -4.65. The summed E-state index contributed by atoms with van der Waals surface area (Å²) in [5.74, 6) is 0.486. The summed E-state index contributed by atoms with van der Waals surface area (Å²) in [5, 5.41) is 7.62. The number of nitrogens with one attached hydrogen (secondary N) is 1. The van der Waals surface area contributed by atoms with Crippen LogP contribution in [0.1, 0.15) is 42.9 Å². The highest BCUT2D eigenvalue weighted by atomic mass is 32.2. The Kier molecular flexibility index (Phi) is 9.57. The molecule has 0 bridgehead atoms. The van der Waals surface area contributed by atoms with E-state index in [-0.39, 0.29) is 23.3 Å². The zero-order chi connectivity index (χ0) is 32.1. The largest absolute Gasteiger partial charge is 0.573 e. The number of carbonyl (C=O) groups excluding carboxylic acids is 2. The van der Waals surface area contributed by atoms with Gasteiger partial charge in [-0.1, -0.05) is 62.0 Å². The van der Waals surface area contributed by atoms with Gasteiger partial charge >= 0.3 is 12.4 Å². The maximum absolute atomic E-state index is 12.7. The number of amidine groups is 1. The first-order chi connectivity index (χ1) is 21.5. The van der Waals surface area contributed by atoms with Crippen LogP contribution in [0.3, 0.4) is 0 Å². The molecule has 9 nitrogen and oxygen atoms in total. The number of amides is 3. The summed E-state index contributed by atoms with van der Waals surface area (Å²) in [7, 11) is 0. The molecule has 234 valence electrons. The van der Waals surface area contributed by atoms with Crippen molar-refractivity contribution in [1.82, 2.24) is 20.1 Å². The van der Waals surface area contributed by atoms with Gasteiger partial charge in [0.1, 0.15) is 12.1 Å². The summed E-state index contributed by atoms with van der Waals surface area (Å²) < 4.78 is 42.6. The van der Waals surface area contributed by atoms with Crippen molar-refractivity contribution in [3.63, 3.8) is 0 Å². The van der Waals surface area contributed by atoms with Gasteiger partial charge in [0, 0.05) is 12.1 Å². The third-order valence-electron chi connectivity index (χ3n) is 7.04. The predicted octanol–water partition coefficient (Wildman–Crippen LogP) is 7.04. The summed E-state index contributed by atoms with van der Waals surface area (Å²) in [6.45, 7) is 6.58. The molecule has 5 rings (SSSR count). The van der Waals surface area contributed by atoms with Crippen LogP contribution in [0, 0.1) is 6.92 Å². The maximum Gasteiger partial charge on any atom is 0.573 e. The molecule has 2 heterocycles. The van der Waals surface area contributed by atoms with E-state index in [1.807, 2.05) is 49.4 Å². The molecule has 3 aromatic carbocycles. The molecule has 1 aromatic heterocycles. The standard InChI is InChI=1S/C32H31F3N6O3S/c1-20(2)28-21(3)6-4-8-26(28)41-27(42)18-45-31(41)38-30(43)36-17-5-7-22-9-11-23(12-10-22)29-37-19-40(39-29)24-13-15-25(16-14-24)44-32(33,34)35/h4,6,8-16,19-20H,5,7,17-18H2,1-3H3,(H,36,43)/b38-31-. The van der Waals surface area contributed by atoms with Crippen molar-refractivity contribution in [3.05, 3.63) is 89.7 Å². The summed E-state index contributed by atoms with van der Waals surface area (Å²) in [5.41, 5.74) is 5.29. The molecule has 1 fully saturated rings. The number of thioether (sulfide) groups is 1. The van der Waals surface area contributed by atoms with Crippen molar-refractivity contribution >= 4 is 34.6 Å². The quantitative estimate of drug-likeness (QED) is 0.198. The Morgan fingerprint density at radius 3 is 2.51 bits per heavy atom. The normalized spacial score (nSPS) is 14.4. The van der Waals surface area contributed by atoms with E-state index in [2.05, 4.69) is 39.0 Å². The first-order valence-electron chi connectivity index (χ1n) is 14.3. The van der Waals surface area contributed by atoms with Crippen LogP contribution in [0.5, 0.6) is 5.75 Å². The molecule has 0 unspecified atom stereocenters. The SMILES string of the molecule is Cc1cccc(N2C(=O)CS/C2=N\C(=O)NCCCc2ccc(-c3ncn(-c4ccc(OC(F)(F)F)cc4)n3)cc2)c1C(C)C. The van der Waals surface area contributed by atoms with Gasteiger partial charge in [-0.05, 0) is 72.7 Å². The number of carbonyl (C=O) groups is 2. The fourth-order valence-electron chi connectivity index (χ4n) is 5.05. The number of halogens is 3. The average molecular weight is 637 g/mol. The Morgan fingerprint density at radius 1 is 1.09 bits per heavy atom. The minimum Gasteiger partial charge on any atom is -0.406 e. The smallest absolute Gasteiger partial charge is 0.406 e. The Labute approximate surface area is 262 Å². The summed E-state index contributed by atoms with van der Waals surface area (Å²) in [6, 6.07) is 18.4. The van der Waals surface area contributed by atoms with E-state index in [0.717, 1.165) is 27.9 Å². The monoisotopic (exact) mass is 636 g/mol. The van der Waals surface area contributed by atoms with Crippen LogP contribution in [-0.4, -0.2) is 50.5 Å². The number of benzene rings is 3. The van der Waals surface area contributed by atoms with E-state index < -0.39 is 12.4 Å². The van der Waals surface area contributed by atoms with E-state index in [1.165, 1.54) is 47.0 Å². The van der Waals surface area contributed by atoms with Crippen molar-refractivity contribution in [2.24, 2.45) is 4.99 Å². The van der Waals surface area contributed by atoms with Crippen LogP contribution in [0.4, 0.5) is 23.7 Å². The molecule has 0 radical (unpaired) electrons. The Bertz CT molecular complexity index is 1700. The van der Waals surface area contributed by atoms with E-state index in [9.17, 15) is 22.8 Å². The van der Waals surface area contributed by atoms with Gasteiger partial charge in [-0.15, -0.1) is 18.3 Å². The second-order valence-electron chi connectivity index (χ2n) is 10.7. The van der Waals surface area contributed by atoms with Crippen LogP contribution < -0.4 is 15.0 Å². The lowest BCUT2D eigenvalue weighted by atomic mass is 9.95. The van der Waals surface area contributed by atoms with Gasteiger partial charge in [0.2, 0.25) is 5.91 Å². The minimum absolute atomic E-state index is 0.0990. The molecule has 1 aliphatic heterocycles. The highest BCUT2D eigenvalue weighted by Crippen LogP contribution is 2.35. The third kappa shape index (κ3) is 7.90. The van der Waals surface area contributed by atoms with E-state index >= 15 is 0 Å². The summed E-state index contributed by atoms with van der Waals surface area (Å²) in [4.78, 5) is 35.5. The number of rotatable bonds is 9. The van der Waals surface area contributed by atoms with Gasteiger partial charge in [-0.3, -0.25) is 9.69 Å². The number of hydrogen-bond donors (Lipinski definition) is 1. The minimum atomic E-state index is -4.75. The van der Waals surface area contributed by atoms with Crippen molar-refractivity contribution < 1.29 is 27.5 Å². The van der Waals surface area contributed by atoms with Crippen LogP contribution >= 0.6 is 11.8 Å². The van der Waals surface area contributed by atoms with Crippen LogP contribution in [0.25, 0.3) is 17.1 Å². The molecule has 1 saturated heterocycles. The van der Waals surface area contributed by atoms with Crippen LogP contribution in [-0.2, 0) is 11.2 Å². The van der Waals surface area contributed by atoms with Crippen LogP contribution in [0.15, 0.2) is 78.0 Å². The number of aliphatic imine (C=N–C) groups is 1. The summed E-state index contributed by atoms with van der Waals surface area (Å²) in [6.07, 6.45) is -1.87. The lowest BCUT2D eigenvalue weighted by molar-refractivity contribution is -0.274. The first-order valence-corrected chi connectivity index (χ1v) is 15.3. The second kappa shape index (κ2) is 13.6. The molecular weight excluding hydrogens is 605 g/mol. The highest BCUT2D eigenvalue weighted by molar-refractivity contribution is 8.15.